The Morgan fingerprint density at radius 1 is 1.26 bits per heavy atom. The van der Waals surface area contributed by atoms with Crippen molar-refractivity contribution in [2.45, 2.75) is 46.9 Å². The van der Waals surface area contributed by atoms with E-state index in [0.717, 1.165) is 4.88 Å². The fourth-order valence-corrected chi connectivity index (χ4v) is 4.45. The predicted molar refractivity (Wildman–Crippen MR) is 127 cm³/mol. The van der Waals surface area contributed by atoms with Crippen LogP contribution >= 0.6 is 11.3 Å². The molecule has 11 heteroatoms. The van der Waals surface area contributed by atoms with Gasteiger partial charge in [-0.05, 0) is 37.3 Å². The van der Waals surface area contributed by atoms with Gasteiger partial charge in [0.25, 0.3) is 0 Å². The van der Waals surface area contributed by atoms with Crippen LogP contribution in [-0.4, -0.2) is 47.5 Å². The largest absolute Gasteiger partial charge is 0.497 e. The van der Waals surface area contributed by atoms with Crippen LogP contribution in [-0.2, 0) is 24.3 Å². The zero-order chi connectivity index (χ0) is 24.7. The van der Waals surface area contributed by atoms with Crippen molar-refractivity contribution in [2.75, 3.05) is 25.1 Å². The van der Waals surface area contributed by atoms with Crippen LogP contribution in [0.2, 0.25) is 0 Å². The molecule has 1 aromatic carbocycles. The van der Waals surface area contributed by atoms with E-state index in [1.165, 1.54) is 25.0 Å². The molecule has 0 bridgehead atoms. The summed E-state index contributed by atoms with van der Waals surface area (Å²) >= 11 is 1.68. The van der Waals surface area contributed by atoms with E-state index in [9.17, 15) is 13.6 Å². The SMILES string of the molecule is CCc1nnc(N(CCNC(C)=O)Cc2ccc(C)s2)n1Cc1cc(OC)ccc1OC(F)F. The molecule has 0 aliphatic carbocycles. The number of ether oxygens (including phenoxy) is 2. The molecule has 2 heterocycles. The number of methoxy groups -OCH3 is 1. The van der Waals surface area contributed by atoms with Crippen LogP contribution in [0.1, 0.15) is 35.0 Å². The quantitative estimate of drug-likeness (QED) is 0.411. The molecule has 2 aromatic heterocycles. The minimum absolute atomic E-state index is 0.0659. The number of amides is 1. The minimum Gasteiger partial charge on any atom is -0.497 e. The van der Waals surface area contributed by atoms with Gasteiger partial charge in [0.15, 0.2) is 0 Å². The van der Waals surface area contributed by atoms with Crippen molar-refractivity contribution in [3.05, 3.63) is 51.5 Å². The van der Waals surface area contributed by atoms with Gasteiger partial charge in [-0.1, -0.05) is 6.92 Å². The Bertz CT molecular complexity index is 1100. The summed E-state index contributed by atoms with van der Waals surface area (Å²) in [6.45, 7) is 4.22. The molecular weight excluding hydrogens is 464 g/mol. The third kappa shape index (κ3) is 6.66. The van der Waals surface area contributed by atoms with Gasteiger partial charge in [0.05, 0.1) is 20.2 Å². The Hall–Kier alpha value is -3.21. The number of benzene rings is 1. The first-order valence-corrected chi connectivity index (χ1v) is 11.7. The normalized spacial score (nSPS) is 11.0. The second-order valence-electron chi connectivity index (χ2n) is 7.62. The van der Waals surface area contributed by atoms with Gasteiger partial charge in [0.1, 0.15) is 17.3 Å². The van der Waals surface area contributed by atoms with Crippen molar-refractivity contribution in [1.82, 2.24) is 20.1 Å². The van der Waals surface area contributed by atoms with Crippen molar-refractivity contribution in [2.24, 2.45) is 0 Å². The summed E-state index contributed by atoms with van der Waals surface area (Å²) in [7, 11) is 1.52. The van der Waals surface area contributed by atoms with Crippen LogP contribution in [0.5, 0.6) is 11.5 Å². The summed E-state index contributed by atoms with van der Waals surface area (Å²) in [5.41, 5.74) is 0.518. The number of thiophene rings is 1. The molecule has 1 amide bonds. The first-order chi connectivity index (χ1) is 16.3. The monoisotopic (exact) mass is 493 g/mol. The van der Waals surface area contributed by atoms with Gasteiger partial charge in [-0.2, -0.15) is 8.78 Å². The van der Waals surface area contributed by atoms with Crippen LogP contribution in [0, 0.1) is 6.92 Å². The van der Waals surface area contributed by atoms with Gasteiger partial charge in [0, 0.05) is 41.8 Å². The Kier molecular flexibility index (Phi) is 8.80. The second kappa shape index (κ2) is 11.8. The predicted octanol–water partition coefficient (Wildman–Crippen LogP) is 4.01. The number of nitrogens with one attached hydrogen (secondary N) is 1. The average molecular weight is 494 g/mol. The number of rotatable bonds is 12. The highest BCUT2D eigenvalue weighted by Gasteiger charge is 2.21. The number of aryl methyl sites for hydroxylation is 2. The molecule has 0 radical (unpaired) electrons. The molecule has 0 saturated heterocycles. The van der Waals surface area contributed by atoms with Crippen LogP contribution in [0.15, 0.2) is 30.3 Å². The van der Waals surface area contributed by atoms with E-state index in [1.807, 2.05) is 23.3 Å². The maximum Gasteiger partial charge on any atom is 0.387 e. The summed E-state index contributed by atoms with van der Waals surface area (Å²) in [6, 6.07) is 8.83. The van der Waals surface area contributed by atoms with Crippen LogP contribution in [0.25, 0.3) is 0 Å². The highest BCUT2D eigenvalue weighted by molar-refractivity contribution is 7.11. The summed E-state index contributed by atoms with van der Waals surface area (Å²) in [5.74, 6) is 1.76. The van der Waals surface area contributed by atoms with Crippen LogP contribution in [0.4, 0.5) is 14.7 Å². The van der Waals surface area contributed by atoms with Crippen LogP contribution < -0.4 is 19.7 Å². The van der Waals surface area contributed by atoms with E-state index < -0.39 is 6.61 Å². The van der Waals surface area contributed by atoms with E-state index in [4.69, 9.17) is 9.47 Å². The van der Waals surface area contributed by atoms with Crippen molar-refractivity contribution in [3.8, 4) is 11.5 Å². The number of halogens is 2. The molecular formula is C23H29F2N5O3S. The zero-order valence-electron chi connectivity index (χ0n) is 19.7. The lowest BCUT2D eigenvalue weighted by Crippen LogP contribution is -2.35. The van der Waals surface area contributed by atoms with Gasteiger partial charge in [-0.15, -0.1) is 21.5 Å². The minimum atomic E-state index is -2.95. The highest BCUT2D eigenvalue weighted by atomic mass is 32.1. The molecule has 0 aliphatic rings. The van der Waals surface area contributed by atoms with Crippen molar-refractivity contribution < 1.29 is 23.0 Å². The number of aromatic nitrogens is 3. The lowest BCUT2D eigenvalue weighted by atomic mass is 10.2. The molecule has 3 aromatic rings. The van der Waals surface area contributed by atoms with E-state index in [2.05, 4.69) is 27.6 Å². The Balaban J connectivity index is 1.98. The fraction of sp³-hybridized carbons (Fsp3) is 0.435. The molecule has 0 spiro atoms. The lowest BCUT2D eigenvalue weighted by Gasteiger charge is -2.24. The summed E-state index contributed by atoms with van der Waals surface area (Å²) in [4.78, 5) is 15.8. The highest BCUT2D eigenvalue weighted by Crippen LogP contribution is 2.29. The van der Waals surface area contributed by atoms with E-state index in [1.54, 1.807) is 23.5 Å². The topological polar surface area (TPSA) is 81.5 Å². The summed E-state index contributed by atoms with van der Waals surface area (Å²) in [5, 5.41) is 11.6. The number of alkyl halides is 2. The average Bonchev–Trinajstić information content (AvgIpc) is 3.39. The van der Waals surface area contributed by atoms with Gasteiger partial charge >= 0.3 is 6.61 Å². The van der Waals surface area contributed by atoms with Gasteiger partial charge in [-0.25, -0.2) is 0 Å². The molecule has 1 N–H and O–H groups in total. The molecule has 3 rings (SSSR count). The van der Waals surface area contributed by atoms with Crippen molar-refractivity contribution >= 4 is 23.2 Å². The van der Waals surface area contributed by atoms with Gasteiger partial charge < -0.3 is 19.7 Å². The molecule has 8 nitrogen and oxygen atoms in total. The number of nitrogens with zero attached hydrogens (tertiary/aromatic N) is 4. The van der Waals surface area contributed by atoms with E-state index >= 15 is 0 Å². The third-order valence-corrected chi connectivity index (χ3v) is 6.10. The van der Waals surface area contributed by atoms with Crippen molar-refractivity contribution in [3.63, 3.8) is 0 Å². The molecule has 34 heavy (non-hydrogen) atoms. The number of hydrogen-bond acceptors (Lipinski definition) is 7. The number of carbonyl (C=O) groups excluding carboxylic acids is 1. The first-order valence-electron chi connectivity index (χ1n) is 10.9. The van der Waals surface area contributed by atoms with Crippen LogP contribution in [0.3, 0.4) is 0 Å². The standard InChI is InChI=1S/C23H29F2N5O3S/c1-5-21-27-28-23(29(11-10-26-16(3)31)14-19-8-6-15(2)34-19)30(21)13-17-12-18(32-4)7-9-20(17)33-22(24)25/h6-9,12,22H,5,10-11,13-14H2,1-4H3,(H,26,31). The first kappa shape index (κ1) is 25.4. The van der Waals surface area contributed by atoms with Gasteiger partial charge in [-0.3, -0.25) is 9.36 Å². The summed E-state index contributed by atoms with van der Waals surface area (Å²) in [6.07, 6.45) is 0.597. The maximum absolute atomic E-state index is 13.0. The fourth-order valence-electron chi connectivity index (χ4n) is 3.55. The number of hydrogen-bond donors (Lipinski definition) is 1. The molecule has 0 aliphatic heterocycles. The Morgan fingerprint density at radius 3 is 2.68 bits per heavy atom. The smallest absolute Gasteiger partial charge is 0.387 e. The Labute approximate surface area is 201 Å². The number of carbonyl (C=O) groups is 1. The van der Waals surface area contributed by atoms with E-state index in [0.29, 0.717) is 49.1 Å². The second-order valence-corrected chi connectivity index (χ2v) is 9.00. The maximum atomic E-state index is 13.0. The number of anilines is 1. The lowest BCUT2D eigenvalue weighted by molar-refractivity contribution is -0.118. The molecule has 0 atom stereocenters. The molecule has 0 unspecified atom stereocenters. The third-order valence-electron chi connectivity index (χ3n) is 5.12. The summed E-state index contributed by atoms with van der Waals surface area (Å²) < 4.78 is 38.0. The molecule has 0 fully saturated rings. The van der Waals surface area contributed by atoms with Gasteiger partial charge in [0.2, 0.25) is 11.9 Å². The zero-order valence-corrected chi connectivity index (χ0v) is 20.5. The van der Waals surface area contributed by atoms with E-state index in [-0.39, 0.29) is 18.2 Å². The Morgan fingerprint density at radius 2 is 2.06 bits per heavy atom. The molecule has 0 saturated carbocycles. The molecule has 184 valence electrons. The van der Waals surface area contributed by atoms with Crippen molar-refractivity contribution in [1.29, 1.82) is 0 Å².